The Morgan fingerprint density at radius 1 is 1.00 bits per heavy atom. The van der Waals surface area contributed by atoms with Gasteiger partial charge in [-0.3, -0.25) is 14.9 Å². The summed E-state index contributed by atoms with van der Waals surface area (Å²) in [4.78, 5) is 33.3. The number of nitrogens with zero attached hydrogens (tertiary/aromatic N) is 1. The van der Waals surface area contributed by atoms with E-state index >= 15 is 0 Å². The molecule has 0 amide bonds. The maximum absolute atomic E-state index is 12.2. The normalized spacial score (nSPS) is 10.1. The van der Waals surface area contributed by atoms with Gasteiger partial charge in [-0.1, -0.05) is 30.3 Å². The summed E-state index contributed by atoms with van der Waals surface area (Å²) >= 11 is 0. The SMILES string of the molecule is O=C(O)c1ccccc1C(=O)Cc1ccc([N+](=O)[O-])cc1. The average molecular weight is 285 g/mol. The van der Waals surface area contributed by atoms with Crippen LogP contribution in [0.5, 0.6) is 0 Å². The summed E-state index contributed by atoms with van der Waals surface area (Å²) in [6, 6.07) is 11.6. The molecule has 0 aliphatic heterocycles. The number of carboxylic acid groups (broad SMARTS) is 1. The average Bonchev–Trinajstić information content (AvgIpc) is 2.47. The first-order chi connectivity index (χ1) is 9.99. The quantitative estimate of drug-likeness (QED) is 0.517. The molecule has 21 heavy (non-hydrogen) atoms. The van der Waals surface area contributed by atoms with Crippen molar-refractivity contribution in [1.82, 2.24) is 0 Å². The summed E-state index contributed by atoms with van der Waals surface area (Å²) in [6.07, 6.45) is -0.0116. The first kappa shape index (κ1) is 14.4. The van der Waals surface area contributed by atoms with Crippen LogP contribution in [0, 0.1) is 10.1 Å². The number of nitro benzene ring substituents is 1. The van der Waals surface area contributed by atoms with E-state index in [0.29, 0.717) is 5.56 Å². The van der Waals surface area contributed by atoms with Gasteiger partial charge in [0.05, 0.1) is 10.5 Å². The summed E-state index contributed by atoms with van der Waals surface area (Å²) in [5.74, 6) is -1.51. The van der Waals surface area contributed by atoms with E-state index < -0.39 is 10.9 Å². The molecule has 0 unspecified atom stereocenters. The number of ketones is 1. The van der Waals surface area contributed by atoms with Crippen molar-refractivity contribution < 1.29 is 19.6 Å². The third kappa shape index (κ3) is 3.30. The number of benzene rings is 2. The first-order valence-electron chi connectivity index (χ1n) is 6.08. The lowest BCUT2D eigenvalue weighted by Crippen LogP contribution is -2.10. The van der Waals surface area contributed by atoms with Crippen molar-refractivity contribution in [3.8, 4) is 0 Å². The number of nitro groups is 1. The predicted octanol–water partition coefficient (Wildman–Crippen LogP) is 2.72. The third-order valence-electron chi connectivity index (χ3n) is 2.97. The van der Waals surface area contributed by atoms with Crippen LogP contribution in [0.3, 0.4) is 0 Å². The van der Waals surface area contributed by atoms with Gasteiger partial charge in [0.25, 0.3) is 5.69 Å². The van der Waals surface area contributed by atoms with Crippen LogP contribution in [0.2, 0.25) is 0 Å². The Hall–Kier alpha value is -3.02. The van der Waals surface area contributed by atoms with Crippen molar-refractivity contribution in [2.24, 2.45) is 0 Å². The summed E-state index contributed by atoms with van der Waals surface area (Å²) < 4.78 is 0. The molecule has 2 rings (SSSR count). The fraction of sp³-hybridized carbons (Fsp3) is 0.0667. The second-order valence-corrected chi connectivity index (χ2v) is 4.37. The zero-order chi connectivity index (χ0) is 15.4. The monoisotopic (exact) mass is 285 g/mol. The van der Waals surface area contributed by atoms with Crippen LogP contribution in [-0.4, -0.2) is 21.8 Å². The van der Waals surface area contributed by atoms with Crippen LogP contribution in [0.4, 0.5) is 5.69 Å². The highest BCUT2D eigenvalue weighted by Gasteiger charge is 2.16. The van der Waals surface area contributed by atoms with Gasteiger partial charge < -0.3 is 5.11 Å². The first-order valence-corrected chi connectivity index (χ1v) is 6.08. The molecule has 6 nitrogen and oxygen atoms in total. The second kappa shape index (κ2) is 5.96. The van der Waals surface area contributed by atoms with Gasteiger partial charge in [-0.25, -0.2) is 4.79 Å². The van der Waals surface area contributed by atoms with Crippen LogP contribution >= 0.6 is 0 Å². The van der Waals surface area contributed by atoms with Crippen molar-refractivity contribution in [2.45, 2.75) is 6.42 Å². The number of hydrogen-bond acceptors (Lipinski definition) is 4. The lowest BCUT2D eigenvalue weighted by molar-refractivity contribution is -0.384. The molecule has 0 bridgehead atoms. The molecule has 1 N–H and O–H groups in total. The van der Waals surface area contributed by atoms with E-state index in [9.17, 15) is 19.7 Å². The molecular formula is C15H11NO5. The number of carbonyl (C=O) groups excluding carboxylic acids is 1. The molecule has 106 valence electrons. The lowest BCUT2D eigenvalue weighted by Gasteiger charge is -2.05. The fourth-order valence-corrected chi connectivity index (χ4v) is 1.93. The molecule has 0 heterocycles. The molecule has 0 fully saturated rings. The van der Waals surface area contributed by atoms with E-state index in [0.717, 1.165) is 0 Å². The zero-order valence-corrected chi connectivity index (χ0v) is 10.9. The van der Waals surface area contributed by atoms with Gasteiger partial charge >= 0.3 is 5.97 Å². The van der Waals surface area contributed by atoms with Gasteiger partial charge in [-0.2, -0.15) is 0 Å². The number of non-ortho nitro benzene ring substituents is 1. The highest BCUT2D eigenvalue weighted by Crippen LogP contribution is 2.16. The van der Waals surface area contributed by atoms with E-state index in [1.807, 2.05) is 0 Å². The van der Waals surface area contributed by atoms with E-state index in [4.69, 9.17) is 5.11 Å². The van der Waals surface area contributed by atoms with Crippen LogP contribution in [-0.2, 0) is 6.42 Å². The van der Waals surface area contributed by atoms with Crippen molar-refractivity contribution in [1.29, 1.82) is 0 Å². The lowest BCUT2D eigenvalue weighted by atomic mass is 9.98. The van der Waals surface area contributed by atoms with Gasteiger partial charge in [-0.05, 0) is 11.6 Å². The van der Waals surface area contributed by atoms with Crippen LogP contribution in [0.15, 0.2) is 48.5 Å². The molecule has 0 aliphatic carbocycles. The molecular weight excluding hydrogens is 274 g/mol. The zero-order valence-electron chi connectivity index (χ0n) is 10.9. The highest BCUT2D eigenvalue weighted by atomic mass is 16.6. The molecule has 0 saturated carbocycles. The Kier molecular flexibility index (Phi) is 4.08. The summed E-state index contributed by atoms with van der Waals surface area (Å²) in [5.41, 5.74) is 0.607. The molecule has 0 aliphatic rings. The van der Waals surface area contributed by atoms with Crippen molar-refractivity contribution in [2.75, 3.05) is 0 Å². The van der Waals surface area contributed by atoms with Crippen LogP contribution in [0.25, 0.3) is 0 Å². The van der Waals surface area contributed by atoms with Gasteiger partial charge in [-0.15, -0.1) is 0 Å². The van der Waals surface area contributed by atoms with E-state index in [2.05, 4.69) is 0 Å². The third-order valence-corrected chi connectivity index (χ3v) is 2.97. The number of carbonyl (C=O) groups is 2. The number of aromatic carboxylic acids is 1. The number of rotatable bonds is 5. The molecule has 0 aromatic heterocycles. The molecule has 0 radical (unpaired) electrons. The Labute approximate surface area is 119 Å². The largest absolute Gasteiger partial charge is 0.478 e. The smallest absolute Gasteiger partial charge is 0.336 e. The minimum atomic E-state index is -1.16. The molecule has 2 aromatic rings. The van der Waals surface area contributed by atoms with Gasteiger partial charge in [0, 0.05) is 24.1 Å². The molecule has 6 heteroatoms. The van der Waals surface area contributed by atoms with Gasteiger partial charge in [0.2, 0.25) is 0 Å². The summed E-state index contributed by atoms with van der Waals surface area (Å²) in [7, 11) is 0. The van der Waals surface area contributed by atoms with Crippen molar-refractivity contribution in [3.05, 3.63) is 75.3 Å². The topological polar surface area (TPSA) is 97.5 Å². The van der Waals surface area contributed by atoms with E-state index in [-0.39, 0.29) is 29.0 Å². The van der Waals surface area contributed by atoms with Gasteiger partial charge in [0.15, 0.2) is 5.78 Å². The van der Waals surface area contributed by atoms with Crippen LogP contribution < -0.4 is 0 Å². The summed E-state index contributed by atoms with van der Waals surface area (Å²) in [6.45, 7) is 0. The number of Topliss-reactive ketones (excluding diaryl/α,β-unsaturated/α-hetero) is 1. The molecule has 0 saturated heterocycles. The second-order valence-electron chi connectivity index (χ2n) is 4.37. The maximum Gasteiger partial charge on any atom is 0.336 e. The number of hydrogen-bond donors (Lipinski definition) is 1. The Morgan fingerprint density at radius 2 is 1.57 bits per heavy atom. The van der Waals surface area contributed by atoms with Crippen molar-refractivity contribution in [3.63, 3.8) is 0 Å². The fourth-order valence-electron chi connectivity index (χ4n) is 1.93. The van der Waals surface area contributed by atoms with Crippen LogP contribution in [0.1, 0.15) is 26.3 Å². The summed E-state index contributed by atoms with van der Waals surface area (Å²) in [5, 5.41) is 19.6. The van der Waals surface area contributed by atoms with Crippen molar-refractivity contribution >= 4 is 17.4 Å². The Morgan fingerprint density at radius 3 is 2.10 bits per heavy atom. The predicted molar refractivity (Wildman–Crippen MR) is 74.5 cm³/mol. The maximum atomic E-state index is 12.2. The minimum absolute atomic E-state index is 0.0116. The number of carboxylic acids is 1. The highest BCUT2D eigenvalue weighted by molar-refractivity contribution is 6.06. The standard InChI is InChI=1S/C15H11NO5/c17-14(12-3-1-2-4-13(12)15(18)19)9-10-5-7-11(8-6-10)16(20)21/h1-8H,9H2,(H,18,19). The minimum Gasteiger partial charge on any atom is -0.478 e. The molecule has 0 atom stereocenters. The Bertz CT molecular complexity index is 706. The Balaban J connectivity index is 2.22. The molecule has 2 aromatic carbocycles. The molecule has 0 spiro atoms. The van der Waals surface area contributed by atoms with E-state index in [1.165, 1.54) is 36.4 Å². The van der Waals surface area contributed by atoms with Gasteiger partial charge in [0.1, 0.15) is 0 Å². The van der Waals surface area contributed by atoms with E-state index in [1.54, 1.807) is 12.1 Å².